The van der Waals surface area contributed by atoms with Crippen molar-refractivity contribution < 1.29 is 14.6 Å². The number of nitrogens with zero attached hydrogens (tertiary/aromatic N) is 1. The Bertz CT molecular complexity index is 522. The molecular weight excluding hydrogens is 194 g/mol. The SMILES string of the molecule is COc1ccnc2c(C(=O)O)cccc12. The van der Waals surface area contributed by atoms with E-state index in [2.05, 4.69) is 4.98 Å². The van der Waals surface area contributed by atoms with Gasteiger partial charge in [0.25, 0.3) is 0 Å². The number of aromatic nitrogens is 1. The minimum absolute atomic E-state index is 0.186. The largest absolute Gasteiger partial charge is 0.496 e. The van der Waals surface area contributed by atoms with Crippen LogP contribution in [0, 0.1) is 0 Å². The fraction of sp³-hybridized carbons (Fsp3) is 0.0909. The lowest BCUT2D eigenvalue weighted by molar-refractivity contribution is 0.0699. The molecule has 0 aliphatic carbocycles. The summed E-state index contributed by atoms with van der Waals surface area (Å²) < 4.78 is 5.13. The second-order valence-corrected chi connectivity index (χ2v) is 3.02. The van der Waals surface area contributed by atoms with E-state index in [1.165, 1.54) is 12.3 Å². The summed E-state index contributed by atoms with van der Waals surface area (Å²) in [7, 11) is 1.54. The molecule has 2 aromatic rings. The van der Waals surface area contributed by atoms with Crippen LogP contribution < -0.4 is 4.74 Å². The number of benzene rings is 1. The van der Waals surface area contributed by atoms with E-state index >= 15 is 0 Å². The quantitative estimate of drug-likeness (QED) is 0.810. The Morgan fingerprint density at radius 1 is 1.40 bits per heavy atom. The fourth-order valence-electron chi connectivity index (χ4n) is 1.50. The summed E-state index contributed by atoms with van der Waals surface area (Å²) >= 11 is 0. The molecule has 0 saturated carbocycles. The molecule has 1 heterocycles. The molecule has 1 aromatic carbocycles. The zero-order valence-electron chi connectivity index (χ0n) is 8.10. The third-order valence-electron chi connectivity index (χ3n) is 2.18. The second kappa shape index (κ2) is 3.57. The number of methoxy groups -OCH3 is 1. The highest BCUT2D eigenvalue weighted by atomic mass is 16.5. The van der Waals surface area contributed by atoms with Crippen molar-refractivity contribution in [1.82, 2.24) is 4.98 Å². The van der Waals surface area contributed by atoms with Gasteiger partial charge in [0.1, 0.15) is 5.75 Å². The lowest BCUT2D eigenvalue weighted by atomic mass is 10.1. The maximum Gasteiger partial charge on any atom is 0.337 e. The van der Waals surface area contributed by atoms with Crippen LogP contribution >= 0.6 is 0 Å². The molecule has 0 fully saturated rings. The van der Waals surface area contributed by atoms with Crippen LogP contribution in [-0.4, -0.2) is 23.2 Å². The zero-order chi connectivity index (χ0) is 10.8. The molecule has 2 rings (SSSR count). The molecule has 0 bridgehead atoms. The van der Waals surface area contributed by atoms with Gasteiger partial charge in [0.15, 0.2) is 0 Å². The van der Waals surface area contributed by atoms with Gasteiger partial charge in [-0.25, -0.2) is 4.79 Å². The third-order valence-corrected chi connectivity index (χ3v) is 2.18. The minimum Gasteiger partial charge on any atom is -0.496 e. The second-order valence-electron chi connectivity index (χ2n) is 3.02. The van der Waals surface area contributed by atoms with Crippen LogP contribution in [-0.2, 0) is 0 Å². The summed E-state index contributed by atoms with van der Waals surface area (Å²) in [5.74, 6) is -0.357. The van der Waals surface area contributed by atoms with Crippen LogP contribution in [0.25, 0.3) is 10.9 Å². The van der Waals surface area contributed by atoms with Crippen molar-refractivity contribution >= 4 is 16.9 Å². The number of fused-ring (bicyclic) bond motifs is 1. The molecular formula is C11H9NO3. The van der Waals surface area contributed by atoms with Crippen molar-refractivity contribution in [2.75, 3.05) is 7.11 Å². The van der Waals surface area contributed by atoms with Crippen molar-refractivity contribution in [1.29, 1.82) is 0 Å². The average molecular weight is 203 g/mol. The molecule has 4 nitrogen and oxygen atoms in total. The highest BCUT2D eigenvalue weighted by Gasteiger charge is 2.11. The molecule has 15 heavy (non-hydrogen) atoms. The van der Waals surface area contributed by atoms with Gasteiger partial charge in [0, 0.05) is 11.6 Å². The van der Waals surface area contributed by atoms with Gasteiger partial charge in [0.2, 0.25) is 0 Å². The van der Waals surface area contributed by atoms with Gasteiger partial charge in [-0.15, -0.1) is 0 Å². The molecule has 1 aromatic heterocycles. The first-order chi connectivity index (χ1) is 7.24. The van der Waals surface area contributed by atoms with Crippen LogP contribution in [0.15, 0.2) is 30.5 Å². The lowest BCUT2D eigenvalue weighted by Gasteiger charge is -2.05. The van der Waals surface area contributed by atoms with Gasteiger partial charge in [-0.1, -0.05) is 6.07 Å². The Kier molecular flexibility index (Phi) is 2.25. The number of hydrogen-bond acceptors (Lipinski definition) is 3. The number of carbonyl (C=O) groups is 1. The number of para-hydroxylation sites is 1. The first-order valence-electron chi connectivity index (χ1n) is 4.39. The van der Waals surface area contributed by atoms with Crippen LogP contribution in [0.5, 0.6) is 5.75 Å². The molecule has 1 N–H and O–H groups in total. The van der Waals surface area contributed by atoms with Crippen LogP contribution in [0.4, 0.5) is 0 Å². The van der Waals surface area contributed by atoms with E-state index in [4.69, 9.17) is 9.84 Å². The summed E-state index contributed by atoms with van der Waals surface area (Å²) in [5, 5.41) is 9.67. The molecule has 0 spiro atoms. The molecule has 0 aliphatic heterocycles. The number of hydrogen-bond donors (Lipinski definition) is 1. The molecule has 0 amide bonds. The van der Waals surface area contributed by atoms with Crippen LogP contribution in [0.3, 0.4) is 0 Å². The molecule has 0 aliphatic rings. The lowest BCUT2D eigenvalue weighted by Crippen LogP contribution is -1.99. The predicted molar refractivity (Wildman–Crippen MR) is 55.3 cm³/mol. The van der Waals surface area contributed by atoms with Crippen molar-refractivity contribution in [3.63, 3.8) is 0 Å². The average Bonchev–Trinajstić information content (AvgIpc) is 2.27. The third kappa shape index (κ3) is 1.50. The Morgan fingerprint density at radius 2 is 2.20 bits per heavy atom. The van der Waals surface area contributed by atoms with Gasteiger partial charge in [-0.2, -0.15) is 0 Å². The van der Waals surface area contributed by atoms with E-state index < -0.39 is 5.97 Å². The van der Waals surface area contributed by atoms with E-state index in [0.717, 1.165) is 0 Å². The summed E-state index contributed by atoms with van der Waals surface area (Å²) in [6, 6.07) is 6.69. The summed E-state index contributed by atoms with van der Waals surface area (Å²) in [6.45, 7) is 0. The summed E-state index contributed by atoms with van der Waals surface area (Å²) in [4.78, 5) is 15.0. The van der Waals surface area contributed by atoms with Gasteiger partial charge < -0.3 is 9.84 Å². The molecule has 0 radical (unpaired) electrons. The van der Waals surface area contributed by atoms with E-state index in [9.17, 15) is 4.79 Å². The fourth-order valence-corrected chi connectivity index (χ4v) is 1.50. The van der Waals surface area contributed by atoms with Crippen LogP contribution in [0.2, 0.25) is 0 Å². The number of carboxylic acid groups (broad SMARTS) is 1. The van der Waals surface area contributed by atoms with E-state index in [0.29, 0.717) is 16.7 Å². The van der Waals surface area contributed by atoms with Crippen LogP contribution in [0.1, 0.15) is 10.4 Å². The molecule has 0 saturated heterocycles. The number of carboxylic acids is 1. The van der Waals surface area contributed by atoms with E-state index in [-0.39, 0.29) is 5.56 Å². The number of pyridine rings is 1. The number of aromatic carboxylic acids is 1. The topological polar surface area (TPSA) is 59.4 Å². The Hall–Kier alpha value is -2.10. The standard InChI is InChI=1S/C11H9NO3/c1-15-9-5-6-12-10-7(9)3-2-4-8(10)11(13)14/h2-6H,1H3,(H,13,14). The minimum atomic E-state index is -0.985. The Balaban J connectivity index is 2.82. The summed E-state index contributed by atoms with van der Waals surface area (Å²) in [6.07, 6.45) is 1.54. The van der Waals surface area contributed by atoms with E-state index in [1.54, 1.807) is 25.3 Å². The normalized spacial score (nSPS) is 10.2. The highest BCUT2D eigenvalue weighted by molar-refractivity contribution is 6.03. The van der Waals surface area contributed by atoms with Gasteiger partial charge in [-0.3, -0.25) is 4.98 Å². The monoisotopic (exact) mass is 203 g/mol. The van der Waals surface area contributed by atoms with Gasteiger partial charge >= 0.3 is 5.97 Å². The molecule has 0 atom stereocenters. The first-order valence-corrected chi connectivity index (χ1v) is 4.39. The first kappa shape index (κ1) is 9.45. The summed E-state index contributed by atoms with van der Waals surface area (Å²) in [5.41, 5.74) is 0.635. The Labute approximate surface area is 86.1 Å². The molecule has 76 valence electrons. The van der Waals surface area contributed by atoms with Gasteiger partial charge in [0.05, 0.1) is 18.2 Å². The Morgan fingerprint density at radius 3 is 2.87 bits per heavy atom. The molecule has 4 heteroatoms. The zero-order valence-corrected chi connectivity index (χ0v) is 8.10. The van der Waals surface area contributed by atoms with Crippen molar-refractivity contribution in [2.45, 2.75) is 0 Å². The van der Waals surface area contributed by atoms with Crippen molar-refractivity contribution in [3.8, 4) is 5.75 Å². The highest BCUT2D eigenvalue weighted by Crippen LogP contribution is 2.25. The maximum atomic E-state index is 10.9. The van der Waals surface area contributed by atoms with Gasteiger partial charge in [-0.05, 0) is 18.2 Å². The maximum absolute atomic E-state index is 10.9. The number of ether oxygens (including phenoxy) is 1. The smallest absolute Gasteiger partial charge is 0.337 e. The van der Waals surface area contributed by atoms with Crippen molar-refractivity contribution in [3.05, 3.63) is 36.0 Å². The van der Waals surface area contributed by atoms with Crippen molar-refractivity contribution in [2.24, 2.45) is 0 Å². The van der Waals surface area contributed by atoms with E-state index in [1.807, 2.05) is 0 Å². The molecule has 0 unspecified atom stereocenters. The number of rotatable bonds is 2. The predicted octanol–water partition coefficient (Wildman–Crippen LogP) is 1.94.